The number of aryl methyl sites for hydroxylation is 1. The van der Waals surface area contributed by atoms with Crippen LogP contribution in [0.4, 0.5) is 0 Å². The summed E-state index contributed by atoms with van der Waals surface area (Å²) in [6.45, 7) is 12.3. The minimum absolute atomic E-state index is 0.416. The Morgan fingerprint density at radius 1 is 1.16 bits per heavy atom. The second-order valence-electron chi connectivity index (χ2n) is 8.79. The number of nitrogens with one attached hydrogen (secondary N) is 1. The molecule has 32 heavy (non-hydrogen) atoms. The predicted octanol–water partition coefficient (Wildman–Crippen LogP) is 1.49. The smallest absolute Gasteiger partial charge is 0.194 e. The standard InChI is InChI=1S/C24H36N6O2/c1-3-25-24(30-12-10-28(11-13-30)17-22-14-19(2)32-27-22)26-15-23(31)18-29-9-8-20-6-4-5-7-21(20)16-29/h4-7,14,23,31H,3,8-13,15-18H2,1-2H3,(H,25,26). The van der Waals surface area contributed by atoms with Gasteiger partial charge in [0.1, 0.15) is 5.76 Å². The molecule has 2 N–H and O–H groups in total. The number of rotatable bonds is 7. The molecule has 0 amide bonds. The molecule has 0 bridgehead atoms. The second kappa shape index (κ2) is 10.9. The lowest BCUT2D eigenvalue weighted by Crippen LogP contribution is -2.52. The van der Waals surface area contributed by atoms with Gasteiger partial charge in [0.2, 0.25) is 0 Å². The molecular formula is C24H36N6O2. The quantitative estimate of drug-likeness (QED) is 0.499. The van der Waals surface area contributed by atoms with Crippen LogP contribution in [0.1, 0.15) is 29.5 Å². The molecule has 8 heteroatoms. The molecule has 3 heterocycles. The third-order valence-corrected chi connectivity index (χ3v) is 6.20. The number of guanidine groups is 1. The van der Waals surface area contributed by atoms with E-state index in [-0.39, 0.29) is 0 Å². The van der Waals surface area contributed by atoms with Crippen molar-refractivity contribution in [3.63, 3.8) is 0 Å². The monoisotopic (exact) mass is 440 g/mol. The van der Waals surface area contributed by atoms with Crippen molar-refractivity contribution in [3.05, 3.63) is 52.9 Å². The fourth-order valence-corrected chi connectivity index (χ4v) is 4.52. The van der Waals surface area contributed by atoms with Crippen LogP contribution in [0.3, 0.4) is 0 Å². The molecule has 1 aromatic carbocycles. The first kappa shape index (κ1) is 22.8. The molecule has 2 aromatic rings. The van der Waals surface area contributed by atoms with Crippen LogP contribution in [-0.4, -0.2) is 89.4 Å². The van der Waals surface area contributed by atoms with E-state index in [1.165, 1.54) is 11.1 Å². The summed E-state index contributed by atoms with van der Waals surface area (Å²) in [5.74, 6) is 1.75. The molecule has 1 saturated heterocycles. The lowest BCUT2D eigenvalue weighted by molar-refractivity contribution is 0.111. The van der Waals surface area contributed by atoms with Crippen LogP contribution in [0.2, 0.25) is 0 Å². The number of β-amino-alcohol motifs (C(OH)–C–C–N with tert-alkyl or cyclic N) is 1. The fourth-order valence-electron chi connectivity index (χ4n) is 4.52. The van der Waals surface area contributed by atoms with Crippen molar-refractivity contribution in [2.75, 3.05) is 52.4 Å². The van der Waals surface area contributed by atoms with Crippen LogP contribution in [-0.2, 0) is 19.5 Å². The maximum Gasteiger partial charge on any atom is 0.194 e. The Balaban J connectivity index is 1.25. The van der Waals surface area contributed by atoms with Crippen molar-refractivity contribution in [2.45, 2.75) is 39.5 Å². The number of hydrogen-bond donors (Lipinski definition) is 2. The summed E-state index contributed by atoms with van der Waals surface area (Å²) >= 11 is 0. The molecule has 2 aliphatic heterocycles. The highest BCUT2D eigenvalue weighted by molar-refractivity contribution is 5.80. The van der Waals surface area contributed by atoms with Crippen molar-refractivity contribution < 1.29 is 9.63 Å². The van der Waals surface area contributed by atoms with Gasteiger partial charge in [-0.2, -0.15) is 0 Å². The maximum absolute atomic E-state index is 10.7. The van der Waals surface area contributed by atoms with Crippen LogP contribution in [0.5, 0.6) is 0 Å². The van der Waals surface area contributed by atoms with E-state index >= 15 is 0 Å². The zero-order chi connectivity index (χ0) is 22.3. The Kier molecular flexibility index (Phi) is 7.78. The van der Waals surface area contributed by atoms with Crippen molar-refractivity contribution in [1.29, 1.82) is 0 Å². The SMILES string of the molecule is CCNC(=NCC(O)CN1CCc2ccccc2C1)N1CCN(Cc2cc(C)on2)CC1. The van der Waals surface area contributed by atoms with Crippen LogP contribution in [0, 0.1) is 6.92 Å². The average Bonchev–Trinajstić information content (AvgIpc) is 3.21. The Morgan fingerprint density at radius 2 is 1.94 bits per heavy atom. The fraction of sp³-hybridized carbons (Fsp3) is 0.583. The lowest BCUT2D eigenvalue weighted by Gasteiger charge is -2.36. The van der Waals surface area contributed by atoms with Crippen molar-refractivity contribution in [3.8, 4) is 0 Å². The Hall–Kier alpha value is -2.42. The molecule has 1 fully saturated rings. The largest absolute Gasteiger partial charge is 0.390 e. The van der Waals surface area contributed by atoms with Crippen LogP contribution < -0.4 is 5.32 Å². The number of piperazine rings is 1. The van der Waals surface area contributed by atoms with Crippen molar-refractivity contribution in [1.82, 2.24) is 25.2 Å². The van der Waals surface area contributed by atoms with E-state index in [1.54, 1.807) is 0 Å². The lowest BCUT2D eigenvalue weighted by atomic mass is 10.00. The summed E-state index contributed by atoms with van der Waals surface area (Å²) in [7, 11) is 0. The van der Waals surface area contributed by atoms with E-state index in [0.717, 1.165) is 76.2 Å². The van der Waals surface area contributed by atoms with Gasteiger partial charge < -0.3 is 19.8 Å². The Labute approximate surface area is 190 Å². The zero-order valence-corrected chi connectivity index (χ0v) is 19.3. The number of nitrogens with zero attached hydrogens (tertiary/aromatic N) is 5. The molecule has 1 unspecified atom stereocenters. The Bertz CT molecular complexity index is 890. The van der Waals surface area contributed by atoms with Crippen LogP contribution in [0.25, 0.3) is 0 Å². The number of hydrogen-bond acceptors (Lipinski definition) is 6. The molecular weight excluding hydrogens is 404 g/mol. The minimum Gasteiger partial charge on any atom is -0.390 e. The van der Waals surface area contributed by atoms with Gasteiger partial charge in [-0.3, -0.25) is 14.8 Å². The van der Waals surface area contributed by atoms with Gasteiger partial charge >= 0.3 is 0 Å². The van der Waals surface area contributed by atoms with Crippen molar-refractivity contribution in [2.24, 2.45) is 4.99 Å². The van der Waals surface area contributed by atoms with Crippen LogP contribution in [0.15, 0.2) is 39.8 Å². The van der Waals surface area contributed by atoms with E-state index in [1.807, 2.05) is 13.0 Å². The molecule has 174 valence electrons. The molecule has 0 aliphatic carbocycles. The van der Waals surface area contributed by atoms with E-state index in [0.29, 0.717) is 13.1 Å². The number of aliphatic hydroxyl groups is 1. The number of benzene rings is 1. The molecule has 2 aliphatic rings. The second-order valence-corrected chi connectivity index (χ2v) is 8.79. The van der Waals surface area contributed by atoms with Gasteiger partial charge in [0.25, 0.3) is 0 Å². The zero-order valence-electron chi connectivity index (χ0n) is 19.3. The number of fused-ring (bicyclic) bond motifs is 1. The molecule has 0 spiro atoms. The third kappa shape index (κ3) is 6.09. The van der Waals surface area contributed by atoms with Gasteiger partial charge in [0.05, 0.1) is 18.3 Å². The Morgan fingerprint density at radius 3 is 2.66 bits per heavy atom. The van der Waals surface area contributed by atoms with E-state index < -0.39 is 6.10 Å². The summed E-state index contributed by atoms with van der Waals surface area (Å²) in [5.41, 5.74) is 3.80. The van der Waals surface area contributed by atoms with Gasteiger partial charge in [-0.05, 0) is 31.4 Å². The molecule has 4 rings (SSSR count). The first-order valence-corrected chi connectivity index (χ1v) is 11.8. The average molecular weight is 441 g/mol. The third-order valence-electron chi connectivity index (χ3n) is 6.20. The van der Waals surface area contributed by atoms with E-state index in [9.17, 15) is 5.11 Å². The highest BCUT2D eigenvalue weighted by Gasteiger charge is 2.22. The minimum atomic E-state index is -0.467. The summed E-state index contributed by atoms with van der Waals surface area (Å²) < 4.78 is 5.18. The summed E-state index contributed by atoms with van der Waals surface area (Å²) in [4.78, 5) is 11.8. The summed E-state index contributed by atoms with van der Waals surface area (Å²) in [6, 6.07) is 10.6. The van der Waals surface area contributed by atoms with E-state index in [4.69, 9.17) is 9.52 Å². The van der Waals surface area contributed by atoms with Gasteiger partial charge in [0.15, 0.2) is 5.96 Å². The van der Waals surface area contributed by atoms with Gasteiger partial charge in [-0.25, -0.2) is 0 Å². The predicted molar refractivity (Wildman–Crippen MR) is 125 cm³/mol. The first-order chi connectivity index (χ1) is 15.6. The van der Waals surface area contributed by atoms with Gasteiger partial charge in [0, 0.05) is 65.0 Å². The normalized spacial score (nSPS) is 19.1. The van der Waals surface area contributed by atoms with Gasteiger partial charge in [-0.1, -0.05) is 29.4 Å². The molecule has 8 nitrogen and oxygen atoms in total. The molecule has 0 saturated carbocycles. The molecule has 1 atom stereocenters. The maximum atomic E-state index is 10.7. The van der Waals surface area contributed by atoms with Gasteiger partial charge in [-0.15, -0.1) is 0 Å². The first-order valence-electron chi connectivity index (χ1n) is 11.8. The number of aliphatic hydroxyl groups excluding tert-OH is 1. The highest BCUT2D eigenvalue weighted by Crippen LogP contribution is 2.18. The van der Waals surface area contributed by atoms with Crippen LogP contribution >= 0.6 is 0 Å². The topological polar surface area (TPSA) is 80.4 Å². The molecule has 0 radical (unpaired) electrons. The van der Waals surface area contributed by atoms with Crippen molar-refractivity contribution >= 4 is 5.96 Å². The summed E-state index contributed by atoms with van der Waals surface area (Å²) in [5, 5.41) is 18.2. The number of aromatic nitrogens is 1. The number of aliphatic imine (C=N–C) groups is 1. The summed E-state index contributed by atoms with van der Waals surface area (Å²) in [6.07, 6.45) is 0.582. The molecule has 1 aromatic heterocycles. The van der Waals surface area contributed by atoms with E-state index in [2.05, 4.69) is 56.4 Å². The highest BCUT2D eigenvalue weighted by atomic mass is 16.5.